The van der Waals surface area contributed by atoms with Gasteiger partial charge >= 0.3 is 0 Å². The Morgan fingerprint density at radius 3 is 2.54 bits per heavy atom. The van der Waals surface area contributed by atoms with E-state index < -0.39 is 0 Å². The molecule has 5 nitrogen and oxygen atoms in total. The number of fused-ring (bicyclic) bond motifs is 1. The van der Waals surface area contributed by atoms with Crippen molar-refractivity contribution in [2.45, 2.75) is 50.9 Å². The third kappa shape index (κ3) is 2.85. The highest BCUT2D eigenvalue weighted by molar-refractivity contribution is 5.90. The predicted molar refractivity (Wildman–Crippen MR) is 104 cm³/mol. The van der Waals surface area contributed by atoms with Crippen LogP contribution in [-0.2, 0) is 0 Å². The Morgan fingerprint density at radius 1 is 0.923 bits per heavy atom. The predicted octanol–water partition coefficient (Wildman–Crippen LogP) is 4.46. The highest BCUT2D eigenvalue weighted by atomic mass is 15.4. The normalized spacial score (nSPS) is 18.7. The molecule has 0 radical (unpaired) electrons. The van der Waals surface area contributed by atoms with Gasteiger partial charge in [0.25, 0.3) is 5.95 Å². The second-order valence-corrected chi connectivity index (χ2v) is 7.60. The molecule has 26 heavy (non-hydrogen) atoms. The number of anilines is 1. The van der Waals surface area contributed by atoms with Gasteiger partial charge in [-0.05, 0) is 55.4 Å². The first-order valence-corrected chi connectivity index (χ1v) is 9.95. The topological polar surface area (TPSA) is 46.8 Å². The summed E-state index contributed by atoms with van der Waals surface area (Å²) in [7, 11) is 0. The largest absolute Gasteiger partial charge is 0.356 e. The lowest BCUT2D eigenvalue weighted by Crippen LogP contribution is -2.21. The van der Waals surface area contributed by atoms with Crippen LogP contribution in [0.4, 0.5) is 5.82 Å². The summed E-state index contributed by atoms with van der Waals surface area (Å²) in [4.78, 5) is 12.1. The van der Waals surface area contributed by atoms with E-state index in [1.165, 1.54) is 55.9 Å². The van der Waals surface area contributed by atoms with E-state index in [0.717, 1.165) is 24.4 Å². The van der Waals surface area contributed by atoms with Crippen LogP contribution in [0.1, 0.15) is 56.4 Å². The molecule has 0 bridgehead atoms. The molecule has 134 valence electrons. The SMILES string of the molecule is c1cnn(-c2nc(N3CCCC3)c3cc(C4CCCCC4)ccc3n2)c1. The number of aromatic nitrogens is 4. The maximum atomic E-state index is 4.93. The van der Waals surface area contributed by atoms with Gasteiger partial charge in [0.1, 0.15) is 5.82 Å². The molecule has 0 unspecified atom stereocenters. The van der Waals surface area contributed by atoms with Crippen LogP contribution < -0.4 is 4.90 Å². The highest BCUT2D eigenvalue weighted by Gasteiger charge is 2.21. The second-order valence-electron chi connectivity index (χ2n) is 7.60. The third-order valence-corrected chi connectivity index (χ3v) is 5.88. The Morgan fingerprint density at radius 2 is 1.77 bits per heavy atom. The van der Waals surface area contributed by atoms with Crippen LogP contribution in [0, 0.1) is 0 Å². The van der Waals surface area contributed by atoms with Gasteiger partial charge in [0.15, 0.2) is 0 Å². The van der Waals surface area contributed by atoms with Crippen molar-refractivity contribution in [1.82, 2.24) is 19.7 Å². The quantitative estimate of drug-likeness (QED) is 0.701. The van der Waals surface area contributed by atoms with Gasteiger partial charge in [-0.3, -0.25) is 0 Å². The minimum absolute atomic E-state index is 0.662. The molecule has 2 fully saturated rings. The summed E-state index contributed by atoms with van der Waals surface area (Å²) in [5.74, 6) is 2.44. The molecule has 3 aromatic rings. The second kappa shape index (κ2) is 6.71. The first-order valence-electron chi connectivity index (χ1n) is 9.95. The van der Waals surface area contributed by atoms with Crippen molar-refractivity contribution in [2.24, 2.45) is 0 Å². The smallest absolute Gasteiger partial charge is 0.253 e. The summed E-state index contributed by atoms with van der Waals surface area (Å²) >= 11 is 0. The van der Waals surface area contributed by atoms with E-state index in [0.29, 0.717) is 11.9 Å². The highest BCUT2D eigenvalue weighted by Crippen LogP contribution is 2.36. The molecule has 0 N–H and O–H groups in total. The molecule has 1 aliphatic heterocycles. The van der Waals surface area contributed by atoms with E-state index in [4.69, 9.17) is 9.97 Å². The zero-order chi connectivity index (χ0) is 17.3. The van der Waals surface area contributed by atoms with E-state index in [1.807, 2.05) is 12.3 Å². The molecular formula is C21H25N5. The molecule has 1 aliphatic carbocycles. The molecule has 2 aromatic heterocycles. The molecule has 1 aromatic carbocycles. The van der Waals surface area contributed by atoms with Gasteiger partial charge in [-0.15, -0.1) is 0 Å². The van der Waals surface area contributed by atoms with E-state index in [9.17, 15) is 0 Å². The summed E-state index contributed by atoms with van der Waals surface area (Å²) < 4.78 is 1.76. The van der Waals surface area contributed by atoms with Crippen LogP contribution in [0.15, 0.2) is 36.7 Å². The summed E-state index contributed by atoms with van der Waals surface area (Å²) in [5.41, 5.74) is 2.49. The fraction of sp³-hybridized carbons (Fsp3) is 0.476. The molecule has 2 aliphatic rings. The minimum Gasteiger partial charge on any atom is -0.356 e. The molecule has 0 atom stereocenters. The van der Waals surface area contributed by atoms with E-state index in [-0.39, 0.29) is 0 Å². The fourth-order valence-electron chi connectivity index (χ4n) is 4.47. The molecule has 0 amide bonds. The van der Waals surface area contributed by atoms with Crippen LogP contribution in [0.25, 0.3) is 16.9 Å². The van der Waals surface area contributed by atoms with Crippen LogP contribution >= 0.6 is 0 Å². The van der Waals surface area contributed by atoms with Gasteiger partial charge in [-0.2, -0.15) is 10.1 Å². The Kier molecular flexibility index (Phi) is 4.07. The molecule has 5 heteroatoms. The zero-order valence-electron chi connectivity index (χ0n) is 15.1. The van der Waals surface area contributed by atoms with Gasteiger partial charge in [0.05, 0.1) is 5.52 Å². The Bertz CT molecular complexity index is 890. The van der Waals surface area contributed by atoms with Gasteiger partial charge < -0.3 is 4.90 Å². The molecule has 1 saturated carbocycles. The summed E-state index contributed by atoms with van der Waals surface area (Å²) in [6.45, 7) is 2.16. The van der Waals surface area contributed by atoms with Gasteiger partial charge in [-0.25, -0.2) is 9.67 Å². The van der Waals surface area contributed by atoms with Crippen molar-refractivity contribution in [3.63, 3.8) is 0 Å². The Balaban J connectivity index is 1.64. The standard InChI is InChI=1S/C21H25N5/c1-2-7-16(8-3-1)17-9-10-19-18(15-17)20(25-12-4-5-13-25)24-21(23-19)26-14-6-11-22-26/h6,9-11,14-16H,1-5,7-8,12-13H2. The molecule has 0 spiro atoms. The Labute approximate surface area is 154 Å². The zero-order valence-corrected chi connectivity index (χ0v) is 15.1. The first-order chi connectivity index (χ1) is 12.9. The number of benzene rings is 1. The maximum absolute atomic E-state index is 4.93. The summed E-state index contributed by atoms with van der Waals surface area (Å²) in [6.07, 6.45) is 12.9. The average Bonchev–Trinajstić information content (AvgIpc) is 3.41. The first kappa shape index (κ1) is 15.8. The van der Waals surface area contributed by atoms with Crippen molar-refractivity contribution in [3.8, 4) is 5.95 Å². The summed E-state index contributed by atoms with van der Waals surface area (Å²) in [6, 6.07) is 8.75. The van der Waals surface area contributed by atoms with Crippen molar-refractivity contribution >= 4 is 16.7 Å². The lowest BCUT2D eigenvalue weighted by molar-refractivity contribution is 0.444. The van der Waals surface area contributed by atoms with Crippen molar-refractivity contribution in [1.29, 1.82) is 0 Å². The third-order valence-electron chi connectivity index (χ3n) is 5.88. The van der Waals surface area contributed by atoms with Crippen molar-refractivity contribution in [3.05, 3.63) is 42.2 Å². The Hall–Kier alpha value is -2.43. The molecule has 1 saturated heterocycles. The van der Waals surface area contributed by atoms with Crippen LogP contribution in [0.3, 0.4) is 0 Å². The number of nitrogens with zero attached hydrogens (tertiary/aromatic N) is 5. The van der Waals surface area contributed by atoms with Crippen molar-refractivity contribution in [2.75, 3.05) is 18.0 Å². The molecule has 3 heterocycles. The lowest BCUT2D eigenvalue weighted by atomic mass is 9.84. The minimum atomic E-state index is 0.662. The van der Waals surface area contributed by atoms with Gasteiger partial charge in [-0.1, -0.05) is 25.3 Å². The number of rotatable bonds is 3. The number of hydrogen-bond acceptors (Lipinski definition) is 4. The van der Waals surface area contributed by atoms with Crippen LogP contribution in [0.5, 0.6) is 0 Å². The lowest BCUT2D eigenvalue weighted by Gasteiger charge is -2.24. The summed E-state index contributed by atoms with van der Waals surface area (Å²) in [5, 5.41) is 5.53. The van der Waals surface area contributed by atoms with E-state index in [2.05, 4.69) is 28.2 Å². The number of hydrogen-bond donors (Lipinski definition) is 0. The average molecular weight is 347 g/mol. The van der Waals surface area contributed by atoms with Crippen molar-refractivity contribution < 1.29 is 0 Å². The van der Waals surface area contributed by atoms with Crippen LogP contribution in [-0.4, -0.2) is 32.8 Å². The molecular weight excluding hydrogens is 322 g/mol. The van der Waals surface area contributed by atoms with Crippen LogP contribution in [0.2, 0.25) is 0 Å². The monoisotopic (exact) mass is 347 g/mol. The molecule has 5 rings (SSSR count). The maximum Gasteiger partial charge on any atom is 0.253 e. The fourth-order valence-corrected chi connectivity index (χ4v) is 4.47. The van der Waals surface area contributed by atoms with E-state index >= 15 is 0 Å². The van der Waals surface area contributed by atoms with E-state index in [1.54, 1.807) is 10.9 Å². The van der Waals surface area contributed by atoms with Gasteiger partial charge in [0.2, 0.25) is 0 Å². The van der Waals surface area contributed by atoms with Gasteiger partial charge in [0, 0.05) is 30.9 Å².